The third-order valence-corrected chi connectivity index (χ3v) is 3.95. The number of nitrogens with zero attached hydrogens (tertiary/aromatic N) is 2. The van der Waals surface area contributed by atoms with Crippen LogP contribution in [0.2, 0.25) is 0 Å². The van der Waals surface area contributed by atoms with Gasteiger partial charge in [0.15, 0.2) is 0 Å². The Morgan fingerprint density at radius 2 is 2.00 bits per heavy atom. The summed E-state index contributed by atoms with van der Waals surface area (Å²) in [7, 11) is 1.86. The normalized spacial score (nSPS) is 16.3. The standard InChI is InChI=1S/C15H22N2O2/c1-12-8-9-14(18)17(10-12)11-15(19)16(2)13-6-4-3-5-7-13/h8-10,13H,3-7,11H2,1-2H3. The SMILES string of the molecule is Cc1ccc(=O)n(CC(=O)N(C)C2CCCCC2)c1. The number of aromatic nitrogens is 1. The summed E-state index contributed by atoms with van der Waals surface area (Å²) in [5.74, 6) is 0.0274. The van der Waals surface area contributed by atoms with Crippen LogP contribution in [-0.4, -0.2) is 28.5 Å². The fraction of sp³-hybridized carbons (Fsp3) is 0.600. The molecule has 1 aliphatic rings. The largest absolute Gasteiger partial charge is 0.341 e. The smallest absolute Gasteiger partial charge is 0.251 e. The Labute approximate surface area is 114 Å². The lowest BCUT2D eigenvalue weighted by atomic mass is 9.94. The van der Waals surface area contributed by atoms with Gasteiger partial charge in [-0.25, -0.2) is 0 Å². The zero-order valence-corrected chi connectivity index (χ0v) is 11.8. The number of hydrogen-bond acceptors (Lipinski definition) is 2. The quantitative estimate of drug-likeness (QED) is 0.835. The molecule has 0 bridgehead atoms. The van der Waals surface area contributed by atoms with E-state index in [0.717, 1.165) is 18.4 Å². The van der Waals surface area contributed by atoms with Crippen LogP contribution in [0.1, 0.15) is 37.7 Å². The zero-order chi connectivity index (χ0) is 13.8. The maximum absolute atomic E-state index is 12.2. The van der Waals surface area contributed by atoms with Crippen LogP contribution in [0.5, 0.6) is 0 Å². The number of carbonyl (C=O) groups excluding carboxylic acids is 1. The van der Waals surface area contributed by atoms with Gasteiger partial charge in [0.05, 0.1) is 0 Å². The number of amides is 1. The maximum atomic E-state index is 12.2. The average molecular weight is 262 g/mol. The Morgan fingerprint density at radius 3 is 2.68 bits per heavy atom. The van der Waals surface area contributed by atoms with Gasteiger partial charge in [0, 0.05) is 25.4 Å². The Morgan fingerprint density at radius 1 is 1.32 bits per heavy atom. The van der Waals surface area contributed by atoms with Gasteiger partial charge in [-0.1, -0.05) is 25.3 Å². The van der Waals surface area contributed by atoms with E-state index < -0.39 is 0 Å². The van der Waals surface area contributed by atoms with E-state index >= 15 is 0 Å². The molecule has 0 radical (unpaired) electrons. The molecule has 104 valence electrons. The molecule has 2 rings (SSSR count). The minimum atomic E-state index is -0.115. The molecular formula is C15H22N2O2. The van der Waals surface area contributed by atoms with Gasteiger partial charge < -0.3 is 9.47 Å². The van der Waals surface area contributed by atoms with Crippen molar-refractivity contribution in [1.29, 1.82) is 0 Å². The summed E-state index contributed by atoms with van der Waals surface area (Å²) >= 11 is 0. The predicted octanol–water partition coefficient (Wildman–Crippen LogP) is 1.95. The molecule has 19 heavy (non-hydrogen) atoms. The van der Waals surface area contributed by atoms with Crippen molar-refractivity contribution in [3.05, 3.63) is 34.2 Å². The van der Waals surface area contributed by atoms with Crippen molar-refractivity contribution in [2.45, 2.75) is 51.6 Å². The molecule has 4 heteroatoms. The first kappa shape index (κ1) is 13.8. The second-order valence-corrected chi connectivity index (χ2v) is 5.47. The molecule has 0 saturated heterocycles. The summed E-state index contributed by atoms with van der Waals surface area (Å²) in [5, 5.41) is 0. The molecule has 1 saturated carbocycles. The Balaban J connectivity index is 2.03. The van der Waals surface area contributed by atoms with E-state index in [0.29, 0.717) is 6.04 Å². The van der Waals surface area contributed by atoms with E-state index in [1.165, 1.54) is 29.9 Å². The highest BCUT2D eigenvalue weighted by Gasteiger charge is 2.22. The van der Waals surface area contributed by atoms with Gasteiger partial charge in [0.2, 0.25) is 5.91 Å². The molecule has 0 aromatic carbocycles. The van der Waals surface area contributed by atoms with Crippen molar-refractivity contribution in [3.63, 3.8) is 0 Å². The highest BCUT2D eigenvalue weighted by molar-refractivity contribution is 5.76. The molecule has 1 fully saturated rings. The van der Waals surface area contributed by atoms with Crippen molar-refractivity contribution < 1.29 is 4.79 Å². The van der Waals surface area contributed by atoms with E-state index in [1.807, 2.05) is 18.9 Å². The molecule has 0 aliphatic heterocycles. The fourth-order valence-electron chi connectivity index (χ4n) is 2.70. The predicted molar refractivity (Wildman–Crippen MR) is 75.1 cm³/mol. The van der Waals surface area contributed by atoms with Crippen LogP contribution >= 0.6 is 0 Å². The molecule has 0 unspecified atom stereocenters. The van der Waals surface area contributed by atoms with Crippen LogP contribution in [-0.2, 0) is 11.3 Å². The highest BCUT2D eigenvalue weighted by atomic mass is 16.2. The van der Waals surface area contributed by atoms with Crippen molar-refractivity contribution >= 4 is 5.91 Å². The monoisotopic (exact) mass is 262 g/mol. The summed E-state index contributed by atoms with van der Waals surface area (Å²) < 4.78 is 1.50. The van der Waals surface area contributed by atoms with Gasteiger partial charge in [-0.05, 0) is 25.3 Å². The Kier molecular flexibility index (Phi) is 4.40. The summed E-state index contributed by atoms with van der Waals surface area (Å²) in [6.45, 7) is 2.07. The molecule has 1 aliphatic carbocycles. The first-order valence-corrected chi connectivity index (χ1v) is 7.00. The van der Waals surface area contributed by atoms with Gasteiger partial charge in [-0.15, -0.1) is 0 Å². The van der Waals surface area contributed by atoms with E-state index in [4.69, 9.17) is 0 Å². The van der Waals surface area contributed by atoms with Gasteiger partial charge in [0.1, 0.15) is 6.54 Å². The number of aryl methyl sites for hydroxylation is 1. The van der Waals surface area contributed by atoms with Crippen LogP contribution in [0.4, 0.5) is 0 Å². The Hall–Kier alpha value is -1.58. The van der Waals surface area contributed by atoms with Crippen molar-refractivity contribution in [3.8, 4) is 0 Å². The molecule has 1 heterocycles. The van der Waals surface area contributed by atoms with Crippen molar-refractivity contribution in [1.82, 2.24) is 9.47 Å². The third kappa shape index (κ3) is 3.46. The van der Waals surface area contributed by atoms with Crippen LogP contribution in [0, 0.1) is 6.92 Å². The Bertz CT molecular complexity index is 501. The second kappa shape index (κ2) is 6.04. The topological polar surface area (TPSA) is 42.3 Å². The number of carbonyl (C=O) groups is 1. The lowest BCUT2D eigenvalue weighted by Gasteiger charge is -2.31. The van der Waals surface area contributed by atoms with Gasteiger partial charge >= 0.3 is 0 Å². The van der Waals surface area contributed by atoms with Crippen LogP contribution in [0.3, 0.4) is 0 Å². The van der Waals surface area contributed by atoms with Crippen LogP contribution in [0.15, 0.2) is 23.1 Å². The lowest BCUT2D eigenvalue weighted by molar-refractivity contribution is -0.133. The summed E-state index contributed by atoms with van der Waals surface area (Å²) in [6.07, 6.45) is 7.60. The molecule has 1 amide bonds. The van der Waals surface area contributed by atoms with Gasteiger partial charge in [-0.2, -0.15) is 0 Å². The number of likely N-dealkylation sites (N-methyl/N-ethyl adjacent to an activating group) is 1. The molecule has 1 aromatic heterocycles. The first-order chi connectivity index (χ1) is 9.08. The number of rotatable bonds is 3. The van der Waals surface area contributed by atoms with Crippen LogP contribution < -0.4 is 5.56 Å². The van der Waals surface area contributed by atoms with E-state index in [2.05, 4.69) is 0 Å². The summed E-state index contributed by atoms with van der Waals surface area (Å²) in [6, 6.07) is 3.64. The van der Waals surface area contributed by atoms with Crippen LogP contribution in [0.25, 0.3) is 0 Å². The maximum Gasteiger partial charge on any atom is 0.251 e. The lowest BCUT2D eigenvalue weighted by Crippen LogP contribution is -2.41. The molecule has 0 spiro atoms. The van der Waals surface area contributed by atoms with E-state index in [1.54, 1.807) is 12.3 Å². The molecule has 4 nitrogen and oxygen atoms in total. The summed E-state index contributed by atoms with van der Waals surface area (Å²) in [4.78, 5) is 25.8. The minimum Gasteiger partial charge on any atom is -0.341 e. The molecule has 1 aromatic rings. The van der Waals surface area contributed by atoms with E-state index in [9.17, 15) is 9.59 Å². The zero-order valence-electron chi connectivity index (χ0n) is 11.8. The third-order valence-electron chi connectivity index (χ3n) is 3.95. The number of hydrogen-bond donors (Lipinski definition) is 0. The number of pyridine rings is 1. The van der Waals surface area contributed by atoms with Crippen molar-refractivity contribution in [2.24, 2.45) is 0 Å². The molecule has 0 atom stereocenters. The van der Waals surface area contributed by atoms with Crippen molar-refractivity contribution in [2.75, 3.05) is 7.05 Å². The molecule has 0 N–H and O–H groups in total. The summed E-state index contributed by atoms with van der Waals surface area (Å²) in [5.41, 5.74) is 0.878. The fourth-order valence-corrected chi connectivity index (χ4v) is 2.70. The minimum absolute atomic E-state index is 0.0274. The van der Waals surface area contributed by atoms with E-state index in [-0.39, 0.29) is 18.0 Å². The highest BCUT2D eigenvalue weighted by Crippen LogP contribution is 2.21. The second-order valence-electron chi connectivity index (χ2n) is 5.47. The molecular weight excluding hydrogens is 240 g/mol. The average Bonchev–Trinajstić information content (AvgIpc) is 2.43. The van der Waals surface area contributed by atoms with Gasteiger partial charge in [-0.3, -0.25) is 9.59 Å². The van der Waals surface area contributed by atoms with Gasteiger partial charge in [0.25, 0.3) is 5.56 Å². The first-order valence-electron chi connectivity index (χ1n) is 7.00.